The number of nitrogens with one attached hydrogen (secondary N) is 1. The summed E-state index contributed by atoms with van der Waals surface area (Å²) in [5.41, 5.74) is 1.36. The lowest BCUT2D eigenvalue weighted by molar-refractivity contribution is -0.122. The van der Waals surface area contributed by atoms with Crippen LogP contribution in [-0.4, -0.2) is 49.7 Å². The lowest BCUT2D eigenvalue weighted by Gasteiger charge is -2.38. The van der Waals surface area contributed by atoms with Crippen molar-refractivity contribution in [2.45, 2.75) is 50.0 Å². The van der Waals surface area contributed by atoms with Crippen LogP contribution < -0.4 is 5.32 Å². The molecule has 2 saturated heterocycles. The van der Waals surface area contributed by atoms with E-state index in [1.165, 1.54) is 31.4 Å². The molecule has 1 aromatic rings. The fourth-order valence-electron chi connectivity index (χ4n) is 5.02. The standard InChI is InChI=1S/C21H30N2O2/c24-20(8-11-23-15-17-6-7-19(23)14-17)22-16-21(9-12-25-13-10-21)18-4-2-1-3-5-18/h1-5,17,19H,6-16H2,(H,22,24)/t17-,19+/m1/s1. The van der Waals surface area contributed by atoms with Crippen molar-refractivity contribution in [3.63, 3.8) is 0 Å². The first-order valence-corrected chi connectivity index (χ1v) is 9.89. The smallest absolute Gasteiger partial charge is 0.221 e. The summed E-state index contributed by atoms with van der Waals surface area (Å²) >= 11 is 0. The predicted octanol–water partition coefficient (Wildman–Crippen LogP) is 2.73. The van der Waals surface area contributed by atoms with Crippen molar-refractivity contribution in [3.05, 3.63) is 35.9 Å². The van der Waals surface area contributed by atoms with Crippen LogP contribution in [0.1, 0.15) is 44.1 Å². The van der Waals surface area contributed by atoms with Gasteiger partial charge in [-0.15, -0.1) is 0 Å². The Balaban J connectivity index is 1.31. The normalized spacial score (nSPS) is 28.2. The molecule has 25 heavy (non-hydrogen) atoms. The Bertz CT molecular complexity index is 583. The molecule has 2 bridgehead atoms. The summed E-state index contributed by atoms with van der Waals surface area (Å²) in [6.45, 7) is 4.42. The number of hydrogen-bond donors (Lipinski definition) is 1. The zero-order valence-corrected chi connectivity index (χ0v) is 15.1. The molecule has 0 aromatic heterocycles. The number of fused-ring (bicyclic) bond motifs is 2. The molecule has 2 heterocycles. The third-order valence-electron chi connectivity index (χ3n) is 6.61. The van der Waals surface area contributed by atoms with Gasteiger partial charge < -0.3 is 10.1 Å². The average molecular weight is 342 g/mol. The molecule has 0 unspecified atom stereocenters. The zero-order valence-electron chi connectivity index (χ0n) is 15.1. The highest BCUT2D eigenvalue weighted by atomic mass is 16.5. The minimum Gasteiger partial charge on any atom is -0.381 e. The van der Waals surface area contributed by atoms with E-state index in [2.05, 4.69) is 40.5 Å². The van der Waals surface area contributed by atoms with E-state index in [9.17, 15) is 4.79 Å². The van der Waals surface area contributed by atoms with E-state index in [1.807, 2.05) is 0 Å². The lowest BCUT2D eigenvalue weighted by atomic mass is 9.74. The molecule has 1 amide bonds. The van der Waals surface area contributed by atoms with Gasteiger partial charge in [0.05, 0.1) is 0 Å². The summed E-state index contributed by atoms with van der Waals surface area (Å²) in [7, 11) is 0. The molecule has 4 heteroatoms. The highest BCUT2D eigenvalue weighted by Gasteiger charge is 2.38. The fourth-order valence-corrected chi connectivity index (χ4v) is 5.02. The largest absolute Gasteiger partial charge is 0.381 e. The van der Waals surface area contributed by atoms with Crippen molar-refractivity contribution in [1.29, 1.82) is 0 Å². The summed E-state index contributed by atoms with van der Waals surface area (Å²) in [6, 6.07) is 11.4. The van der Waals surface area contributed by atoms with Crippen molar-refractivity contribution < 1.29 is 9.53 Å². The molecule has 0 radical (unpaired) electrons. The number of nitrogens with zero attached hydrogens (tertiary/aromatic N) is 1. The van der Waals surface area contributed by atoms with Gasteiger partial charge in [-0.2, -0.15) is 0 Å². The minimum atomic E-state index is 0.0296. The van der Waals surface area contributed by atoms with Gasteiger partial charge in [0.25, 0.3) is 0 Å². The number of amides is 1. The highest BCUT2D eigenvalue weighted by Crippen LogP contribution is 2.37. The van der Waals surface area contributed by atoms with Gasteiger partial charge in [0, 0.05) is 50.7 Å². The molecule has 3 aliphatic rings. The van der Waals surface area contributed by atoms with Crippen LogP contribution in [0, 0.1) is 5.92 Å². The summed E-state index contributed by atoms with van der Waals surface area (Å²) in [4.78, 5) is 15.0. The number of hydrogen-bond acceptors (Lipinski definition) is 3. The monoisotopic (exact) mass is 342 g/mol. The predicted molar refractivity (Wildman–Crippen MR) is 98.5 cm³/mol. The second kappa shape index (κ2) is 7.46. The molecule has 1 aliphatic carbocycles. The lowest BCUT2D eigenvalue weighted by Crippen LogP contribution is -2.45. The van der Waals surface area contributed by atoms with E-state index in [4.69, 9.17) is 4.74 Å². The van der Waals surface area contributed by atoms with Crippen molar-refractivity contribution in [2.75, 3.05) is 32.8 Å². The SMILES string of the molecule is O=C(CCN1C[C@@H]2CC[C@H]1C2)NCC1(c2ccccc2)CCOCC1. The van der Waals surface area contributed by atoms with E-state index in [0.717, 1.165) is 51.1 Å². The van der Waals surface area contributed by atoms with E-state index < -0.39 is 0 Å². The van der Waals surface area contributed by atoms with Crippen molar-refractivity contribution in [1.82, 2.24) is 10.2 Å². The Kier molecular flexibility index (Phi) is 5.09. The van der Waals surface area contributed by atoms with Crippen LogP contribution in [0.25, 0.3) is 0 Å². The van der Waals surface area contributed by atoms with Gasteiger partial charge in [-0.05, 0) is 43.6 Å². The summed E-state index contributed by atoms with van der Waals surface area (Å²) in [6.07, 6.45) is 6.68. The quantitative estimate of drug-likeness (QED) is 0.864. The van der Waals surface area contributed by atoms with Gasteiger partial charge in [0.15, 0.2) is 0 Å². The number of ether oxygens (including phenoxy) is 1. The van der Waals surface area contributed by atoms with Gasteiger partial charge in [-0.25, -0.2) is 0 Å². The molecule has 0 spiro atoms. The van der Waals surface area contributed by atoms with Gasteiger partial charge >= 0.3 is 0 Å². The molecule has 1 saturated carbocycles. The number of carbonyl (C=O) groups excluding carboxylic acids is 1. The first-order chi connectivity index (χ1) is 12.3. The number of piperidine rings is 1. The maximum atomic E-state index is 12.5. The first kappa shape index (κ1) is 17.0. The van der Waals surface area contributed by atoms with Crippen LogP contribution in [0.5, 0.6) is 0 Å². The second-order valence-electron chi connectivity index (χ2n) is 8.11. The zero-order chi connectivity index (χ0) is 17.1. The summed E-state index contributed by atoms with van der Waals surface area (Å²) in [5.74, 6) is 1.10. The molecule has 136 valence electrons. The van der Waals surface area contributed by atoms with Crippen LogP contribution >= 0.6 is 0 Å². The van der Waals surface area contributed by atoms with Gasteiger partial charge in [0.1, 0.15) is 0 Å². The van der Waals surface area contributed by atoms with Crippen LogP contribution in [0.4, 0.5) is 0 Å². The topological polar surface area (TPSA) is 41.6 Å². The minimum absolute atomic E-state index is 0.0296. The highest BCUT2D eigenvalue weighted by molar-refractivity contribution is 5.76. The fraction of sp³-hybridized carbons (Fsp3) is 0.667. The first-order valence-electron chi connectivity index (χ1n) is 9.89. The van der Waals surface area contributed by atoms with E-state index in [-0.39, 0.29) is 11.3 Å². The molecule has 3 fully saturated rings. The molecular weight excluding hydrogens is 312 g/mol. The Morgan fingerprint density at radius 3 is 2.68 bits per heavy atom. The third kappa shape index (κ3) is 3.75. The van der Waals surface area contributed by atoms with Crippen LogP contribution in [-0.2, 0) is 14.9 Å². The van der Waals surface area contributed by atoms with Crippen LogP contribution in [0.2, 0.25) is 0 Å². The maximum Gasteiger partial charge on any atom is 0.221 e. The Morgan fingerprint density at radius 1 is 1.20 bits per heavy atom. The van der Waals surface area contributed by atoms with Crippen molar-refractivity contribution in [3.8, 4) is 0 Å². The second-order valence-corrected chi connectivity index (χ2v) is 8.11. The summed E-state index contributed by atoms with van der Waals surface area (Å²) in [5, 5.41) is 3.24. The van der Waals surface area contributed by atoms with Crippen molar-refractivity contribution in [2.24, 2.45) is 5.92 Å². The number of rotatable bonds is 6. The van der Waals surface area contributed by atoms with Crippen molar-refractivity contribution >= 4 is 5.91 Å². The summed E-state index contributed by atoms with van der Waals surface area (Å²) < 4.78 is 5.58. The maximum absolute atomic E-state index is 12.5. The van der Waals surface area contributed by atoms with E-state index in [0.29, 0.717) is 6.42 Å². The van der Waals surface area contributed by atoms with E-state index in [1.54, 1.807) is 0 Å². The third-order valence-corrected chi connectivity index (χ3v) is 6.61. The Morgan fingerprint density at radius 2 is 2.00 bits per heavy atom. The molecule has 2 aliphatic heterocycles. The van der Waals surface area contributed by atoms with Crippen LogP contribution in [0.15, 0.2) is 30.3 Å². The Hall–Kier alpha value is -1.39. The Labute approximate surface area is 150 Å². The average Bonchev–Trinajstić information content (AvgIpc) is 3.29. The molecule has 4 nitrogen and oxygen atoms in total. The van der Waals surface area contributed by atoms with Crippen LogP contribution in [0.3, 0.4) is 0 Å². The van der Waals surface area contributed by atoms with Gasteiger partial charge in [-0.1, -0.05) is 30.3 Å². The number of benzene rings is 1. The molecule has 2 atom stereocenters. The van der Waals surface area contributed by atoms with Gasteiger partial charge in [0.2, 0.25) is 5.91 Å². The number of carbonyl (C=O) groups is 1. The number of likely N-dealkylation sites (tertiary alicyclic amines) is 1. The molecule has 1 aromatic carbocycles. The molecule has 4 rings (SSSR count). The van der Waals surface area contributed by atoms with E-state index >= 15 is 0 Å². The van der Waals surface area contributed by atoms with Gasteiger partial charge in [-0.3, -0.25) is 9.69 Å². The molecular formula is C21H30N2O2. The molecule has 1 N–H and O–H groups in total.